The van der Waals surface area contributed by atoms with Crippen LogP contribution >= 0.6 is 23.5 Å². The van der Waals surface area contributed by atoms with Gasteiger partial charge < -0.3 is 76.0 Å². The van der Waals surface area contributed by atoms with Gasteiger partial charge in [-0.05, 0) is 6.07 Å². The molecule has 4 atom stereocenters. The Morgan fingerprint density at radius 3 is 1.55 bits per heavy atom. The van der Waals surface area contributed by atoms with Crippen LogP contribution in [0.2, 0.25) is 0 Å². The number of aromatic nitrogens is 2. The van der Waals surface area contributed by atoms with E-state index in [0.717, 1.165) is 4.57 Å². The van der Waals surface area contributed by atoms with Gasteiger partial charge in [0.05, 0.1) is 6.61 Å². The van der Waals surface area contributed by atoms with Crippen molar-refractivity contribution in [1.29, 1.82) is 0 Å². The van der Waals surface area contributed by atoms with Gasteiger partial charge >= 0.3 is 29.2 Å². The van der Waals surface area contributed by atoms with E-state index in [4.69, 9.17) is 73.3 Å². The third kappa shape index (κ3) is 22.4. The van der Waals surface area contributed by atoms with Crippen LogP contribution in [-0.2, 0) is 18.4 Å². The molecule has 0 saturated carbocycles. The molecule has 0 radical (unpaired) electrons. The van der Waals surface area contributed by atoms with E-state index in [9.17, 15) is 15.0 Å². The fourth-order valence-electron chi connectivity index (χ4n) is 1.73. The van der Waals surface area contributed by atoms with Gasteiger partial charge in [0.25, 0.3) is 0 Å². The highest BCUT2D eigenvalue weighted by Gasteiger charge is 2.43. The average molecular weight is 554 g/mol. The summed E-state index contributed by atoms with van der Waals surface area (Å²) in [6.07, 6.45) is -3.27. The van der Waals surface area contributed by atoms with E-state index < -0.39 is 60.3 Å². The molecule has 1 aliphatic rings. The van der Waals surface area contributed by atoms with Gasteiger partial charge in [0, 0.05) is 6.20 Å². The molecule has 21 nitrogen and oxygen atoms in total. The second-order valence-electron chi connectivity index (χ2n) is 5.31. The highest BCUT2D eigenvalue weighted by Crippen LogP contribution is 2.28. The molecule has 2 heterocycles. The second kappa shape index (κ2) is 14.9. The van der Waals surface area contributed by atoms with Crippen molar-refractivity contribution in [2.24, 2.45) is 0 Å². The van der Waals surface area contributed by atoms with Gasteiger partial charge in [-0.25, -0.2) is 18.5 Å². The summed E-state index contributed by atoms with van der Waals surface area (Å²) in [4.78, 5) is 79.7. The molecule has 1 aliphatic heterocycles. The van der Waals surface area contributed by atoms with Crippen molar-refractivity contribution in [3.05, 3.63) is 22.7 Å². The number of hydrogen-bond donors (Lipinski definition) is 14. The van der Waals surface area contributed by atoms with Crippen LogP contribution in [0.25, 0.3) is 0 Å². The molecule has 0 aromatic carbocycles. The average Bonchev–Trinajstić information content (AvgIpc) is 2.78. The molecule has 0 aliphatic carbocycles. The predicted molar refractivity (Wildman–Crippen MR) is 104 cm³/mol. The van der Waals surface area contributed by atoms with E-state index in [-0.39, 0.29) is 12.0 Å². The molecule has 17 N–H and O–H groups in total. The molecule has 1 fully saturated rings. The van der Waals surface area contributed by atoms with Gasteiger partial charge in [-0.3, -0.25) is 4.57 Å². The third-order valence-electron chi connectivity index (χ3n) is 2.64. The molecule has 0 unspecified atom stereocenters. The first-order valence-electron chi connectivity index (χ1n) is 7.36. The van der Waals surface area contributed by atoms with Crippen LogP contribution in [-0.4, -0.2) is 93.8 Å². The van der Waals surface area contributed by atoms with Crippen molar-refractivity contribution in [1.82, 2.24) is 15.7 Å². The Bertz CT molecular complexity index is 822. The van der Waals surface area contributed by atoms with Gasteiger partial charge in [0.1, 0.15) is 24.1 Å². The number of nitrogens with two attached hydrogens (primary N) is 1. The summed E-state index contributed by atoms with van der Waals surface area (Å²) in [7, 11) is -13.9. The van der Waals surface area contributed by atoms with Crippen LogP contribution in [0.15, 0.2) is 17.1 Å². The second-order valence-corrected chi connectivity index (χ2v) is 8.39. The lowest BCUT2D eigenvalue weighted by Gasteiger charge is -2.16. The first-order valence-corrected chi connectivity index (χ1v) is 12.1. The highest BCUT2D eigenvalue weighted by atomic mass is 31.2. The first-order chi connectivity index (χ1) is 14.0. The molecule has 33 heavy (non-hydrogen) atoms. The number of aliphatic hydroxyl groups excluding tert-OH is 3. The largest absolute Gasteiger partial charge is 0.466 e. The number of hydrogen-bond acceptors (Lipinski definition) is 11. The monoisotopic (exact) mass is 554 g/mol. The third-order valence-corrected chi connectivity index (χ3v) is 2.64. The van der Waals surface area contributed by atoms with Crippen molar-refractivity contribution in [2.75, 3.05) is 12.3 Å². The number of phosphoric acid groups is 3. The number of aliphatic hydroxyl groups is 3. The smallest absolute Gasteiger partial charge is 0.394 e. The van der Waals surface area contributed by atoms with Crippen LogP contribution in [0.3, 0.4) is 0 Å². The van der Waals surface area contributed by atoms with Gasteiger partial charge in [0.15, 0.2) is 6.23 Å². The number of rotatable bonds is 2. The molecular formula is C9H25N4O17P3. The van der Waals surface area contributed by atoms with E-state index in [1.54, 1.807) is 0 Å². The van der Waals surface area contributed by atoms with Crippen molar-refractivity contribution in [2.45, 2.75) is 24.5 Å². The molecule has 1 aromatic heterocycles. The van der Waals surface area contributed by atoms with Crippen LogP contribution in [0, 0.1) is 0 Å². The summed E-state index contributed by atoms with van der Waals surface area (Å²) in [6, 6.07) is 1.37. The topological polar surface area (TPSA) is 399 Å². The molecule has 0 bridgehead atoms. The first kappa shape index (κ1) is 36.4. The van der Waals surface area contributed by atoms with Crippen LogP contribution in [0.1, 0.15) is 6.23 Å². The fraction of sp³-hybridized carbons (Fsp3) is 0.556. The zero-order valence-electron chi connectivity index (χ0n) is 16.1. The number of nitrogens with zero attached hydrogens (tertiary/aromatic N) is 2. The van der Waals surface area contributed by atoms with Gasteiger partial charge in [-0.1, -0.05) is 0 Å². The minimum Gasteiger partial charge on any atom is -0.394 e. The van der Waals surface area contributed by atoms with Gasteiger partial charge in [-0.2, -0.15) is 4.98 Å². The van der Waals surface area contributed by atoms with Crippen LogP contribution in [0.5, 0.6) is 0 Å². The number of ether oxygens (including phenoxy) is 1. The van der Waals surface area contributed by atoms with E-state index in [1.165, 1.54) is 12.3 Å². The summed E-state index contributed by atoms with van der Waals surface area (Å²) in [5.41, 5.74) is 4.63. The molecule has 0 amide bonds. The molecule has 1 aromatic rings. The SMILES string of the molecule is N.Nc1ccn([C@@H]2O[C@H](CO)[C@@H](O)[C@H]2O)c(=O)n1.O=P(O)(O)O.O=P(O)(O)O.O=P(O)(O)O. The molecule has 1 saturated heterocycles. The van der Waals surface area contributed by atoms with Crippen molar-refractivity contribution in [3.63, 3.8) is 0 Å². The van der Waals surface area contributed by atoms with E-state index in [1.807, 2.05) is 0 Å². The minimum atomic E-state index is -4.64. The zero-order valence-corrected chi connectivity index (χ0v) is 18.8. The molecule has 24 heteroatoms. The van der Waals surface area contributed by atoms with Crippen LogP contribution in [0.4, 0.5) is 5.82 Å². The van der Waals surface area contributed by atoms with E-state index >= 15 is 0 Å². The van der Waals surface area contributed by atoms with E-state index in [2.05, 4.69) is 4.98 Å². The number of anilines is 1. The minimum absolute atomic E-state index is 0. The van der Waals surface area contributed by atoms with E-state index in [0.29, 0.717) is 0 Å². The van der Waals surface area contributed by atoms with Gasteiger partial charge in [0.2, 0.25) is 0 Å². The van der Waals surface area contributed by atoms with Crippen molar-refractivity contribution >= 4 is 29.3 Å². The quantitative estimate of drug-likeness (QED) is 0.152. The fourth-order valence-corrected chi connectivity index (χ4v) is 1.73. The molecule has 2 rings (SSSR count). The summed E-state index contributed by atoms with van der Waals surface area (Å²) >= 11 is 0. The molecule has 198 valence electrons. The van der Waals surface area contributed by atoms with Gasteiger partial charge in [-0.15, -0.1) is 0 Å². The Balaban J connectivity index is -0.000000466. The van der Waals surface area contributed by atoms with Crippen LogP contribution < -0.4 is 17.6 Å². The Morgan fingerprint density at radius 2 is 1.27 bits per heavy atom. The summed E-state index contributed by atoms with van der Waals surface area (Å²) in [6.45, 7) is -0.453. The Labute approximate surface area is 183 Å². The molecular weight excluding hydrogens is 529 g/mol. The maximum Gasteiger partial charge on any atom is 0.466 e. The van der Waals surface area contributed by atoms with Crippen molar-refractivity contribution in [3.8, 4) is 0 Å². The molecule has 0 spiro atoms. The summed E-state index contributed by atoms with van der Waals surface area (Å²) < 4.78 is 32.8. The Kier molecular flexibility index (Phi) is 16.5. The zero-order chi connectivity index (χ0) is 26.1. The normalized spacial score (nSPS) is 22.3. The van der Waals surface area contributed by atoms with Crippen molar-refractivity contribution < 1.29 is 77.8 Å². The maximum absolute atomic E-state index is 11.5. The maximum atomic E-state index is 11.5. The standard InChI is InChI=1S/C9H13N3O5.H3N.3H3O4P/c10-5-1-2-12(9(16)11-5)8-7(15)6(14)4(3-13)17-8;;3*1-5(2,3)4/h1-2,4,6-8,13-15H,3H2,(H2,10,11,16);1H3;3*(H3,1,2,3,4)/t4-,6-,7-,8-;;;;/m1..../s1. The summed E-state index contributed by atoms with van der Waals surface area (Å²) in [5.74, 6) is 0.0537. The highest BCUT2D eigenvalue weighted by molar-refractivity contribution is 7.45. The Morgan fingerprint density at radius 1 is 0.909 bits per heavy atom. The Hall–Kier alpha value is -1.19. The number of nitrogen functional groups attached to an aromatic ring is 1. The lowest BCUT2D eigenvalue weighted by molar-refractivity contribution is -0.0549. The summed E-state index contributed by atoms with van der Waals surface area (Å²) in [5, 5.41) is 28.2. The lowest BCUT2D eigenvalue weighted by Crippen LogP contribution is -2.36. The lowest BCUT2D eigenvalue weighted by atomic mass is 10.1. The predicted octanol–water partition coefficient (Wildman–Crippen LogP) is -5.19.